The van der Waals surface area contributed by atoms with Gasteiger partial charge in [-0.3, -0.25) is 15.0 Å². The minimum Gasteiger partial charge on any atom is -0.468 e. The van der Waals surface area contributed by atoms with Crippen molar-refractivity contribution in [3.63, 3.8) is 0 Å². The lowest BCUT2D eigenvalue weighted by Gasteiger charge is -2.37. The van der Waals surface area contributed by atoms with Gasteiger partial charge in [0.25, 0.3) is 0 Å². The predicted octanol–water partition coefficient (Wildman–Crippen LogP) is 1.97. The van der Waals surface area contributed by atoms with Crippen LogP contribution in [0.15, 0.2) is 24.3 Å². The van der Waals surface area contributed by atoms with E-state index in [-0.39, 0.29) is 12.0 Å². The highest BCUT2D eigenvalue weighted by molar-refractivity contribution is 5.80. The lowest BCUT2D eigenvalue weighted by atomic mass is 9.96. The molecular weight excluding hydrogens is 264 g/mol. The Morgan fingerprint density at radius 1 is 1.38 bits per heavy atom. The number of carbonyl (C=O) groups excluding carboxylic acids is 1. The molecule has 0 fully saturated rings. The van der Waals surface area contributed by atoms with Crippen LogP contribution in [-0.4, -0.2) is 42.6 Å². The summed E-state index contributed by atoms with van der Waals surface area (Å²) in [5, 5.41) is 3.36. The highest BCUT2D eigenvalue weighted by atomic mass is 16.5. The Bertz CT molecular complexity index is 501. The fourth-order valence-electron chi connectivity index (χ4n) is 3.17. The van der Waals surface area contributed by atoms with Crippen LogP contribution in [0.4, 0.5) is 0 Å². The quantitative estimate of drug-likeness (QED) is 0.842. The fraction of sp³-hybridized carbons (Fsp3) is 0.588. The zero-order valence-electron chi connectivity index (χ0n) is 13.5. The van der Waals surface area contributed by atoms with Gasteiger partial charge in [-0.05, 0) is 38.3 Å². The molecule has 1 atom stereocenters. The van der Waals surface area contributed by atoms with E-state index in [4.69, 9.17) is 4.74 Å². The lowest BCUT2D eigenvalue weighted by Crippen LogP contribution is -2.59. The number of fused-ring (bicyclic) bond motifs is 1. The minimum atomic E-state index is -0.671. The SMILES string of the molecule is COC(=O)C(C)(CN1CCc2ccccc2C1)NC(C)C. The molecule has 0 aromatic heterocycles. The molecule has 0 saturated carbocycles. The van der Waals surface area contributed by atoms with Crippen LogP contribution in [0, 0.1) is 0 Å². The van der Waals surface area contributed by atoms with Crippen LogP contribution in [0.2, 0.25) is 0 Å². The van der Waals surface area contributed by atoms with Crippen LogP contribution in [0.25, 0.3) is 0 Å². The molecule has 0 amide bonds. The van der Waals surface area contributed by atoms with Gasteiger partial charge in [0, 0.05) is 25.7 Å². The minimum absolute atomic E-state index is 0.199. The summed E-state index contributed by atoms with van der Waals surface area (Å²) in [7, 11) is 1.45. The lowest BCUT2D eigenvalue weighted by molar-refractivity contribution is -0.149. The monoisotopic (exact) mass is 290 g/mol. The van der Waals surface area contributed by atoms with Crippen molar-refractivity contribution in [2.45, 2.75) is 45.3 Å². The maximum atomic E-state index is 12.2. The normalized spacial score (nSPS) is 18.1. The molecule has 2 rings (SSSR count). The number of nitrogens with zero attached hydrogens (tertiary/aromatic N) is 1. The maximum absolute atomic E-state index is 12.2. The second kappa shape index (κ2) is 6.58. The van der Waals surface area contributed by atoms with Crippen molar-refractivity contribution in [1.82, 2.24) is 10.2 Å². The summed E-state index contributed by atoms with van der Waals surface area (Å²) in [5.74, 6) is -0.199. The topological polar surface area (TPSA) is 41.6 Å². The number of ether oxygens (including phenoxy) is 1. The molecule has 0 spiro atoms. The molecule has 0 aliphatic carbocycles. The van der Waals surface area contributed by atoms with Gasteiger partial charge in [-0.15, -0.1) is 0 Å². The number of nitrogens with one attached hydrogen (secondary N) is 1. The summed E-state index contributed by atoms with van der Waals surface area (Å²) in [6, 6.07) is 8.76. The molecule has 1 unspecified atom stereocenters. The maximum Gasteiger partial charge on any atom is 0.327 e. The molecule has 0 radical (unpaired) electrons. The van der Waals surface area contributed by atoms with Gasteiger partial charge >= 0.3 is 5.97 Å². The van der Waals surface area contributed by atoms with E-state index in [0.29, 0.717) is 6.54 Å². The standard InChI is InChI=1S/C17H26N2O2/c1-13(2)18-17(3,16(20)21-4)12-19-10-9-14-7-5-6-8-15(14)11-19/h5-8,13,18H,9-12H2,1-4H3. The van der Waals surface area contributed by atoms with E-state index in [1.165, 1.54) is 18.2 Å². The van der Waals surface area contributed by atoms with Crippen LogP contribution in [0.1, 0.15) is 31.9 Å². The molecule has 1 aromatic carbocycles. The van der Waals surface area contributed by atoms with Gasteiger partial charge in [0.15, 0.2) is 0 Å². The molecule has 21 heavy (non-hydrogen) atoms. The van der Waals surface area contributed by atoms with Crippen molar-refractivity contribution in [2.75, 3.05) is 20.2 Å². The van der Waals surface area contributed by atoms with Crippen molar-refractivity contribution in [3.8, 4) is 0 Å². The summed E-state index contributed by atoms with van der Waals surface area (Å²) < 4.78 is 5.00. The van der Waals surface area contributed by atoms with Crippen molar-refractivity contribution in [3.05, 3.63) is 35.4 Å². The van der Waals surface area contributed by atoms with Gasteiger partial charge in [0.1, 0.15) is 5.54 Å². The van der Waals surface area contributed by atoms with Gasteiger partial charge in [0.2, 0.25) is 0 Å². The van der Waals surface area contributed by atoms with E-state index in [0.717, 1.165) is 19.5 Å². The Balaban J connectivity index is 2.10. The molecule has 4 heteroatoms. The number of hydrogen-bond donors (Lipinski definition) is 1. The molecule has 1 heterocycles. The van der Waals surface area contributed by atoms with E-state index in [2.05, 4.69) is 34.5 Å². The van der Waals surface area contributed by atoms with Crippen molar-refractivity contribution in [2.24, 2.45) is 0 Å². The predicted molar refractivity (Wildman–Crippen MR) is 84.1 cm³/mol. The van der Waals surface area contributed by atoms with E-state index >= 15 is 0 Å². The Kier molecular flexibility index (Phi) is 5.01. The molecule has 4 nitrogen and oxygen atoms in total. The first kappa shape index (κ1) is 16.0. The van der Waals surface area contributed by atoms with Crippen LogP contribution >= 0.6 is 0 Å². The van der Waals surface area contributed by atoms with Gasteiger partial charge in [0.05, 0.1) is 7.11 Å². The van der Waals surface area contributed by atoms with Crippen LogP contribution in [-0.2, 0) is 22.5 Å². The molecule has 1 aromatic rings. The average molecular weight is 290 g/mol. The summed E-state index contributed by atoms with van der Waals surface area (Å²) in [4.78, 5) is 14.5. The first-order valence-electron chi connectivity index (χ1n) is 7.60. The Morgan fingerprint density at radius 3 is 2.67 bits per heavy atom. The number of rotatable bonds is 5. The third kappa shape index (κ3) is 3.83. The molecule has 1 N–H and O–H groups in total. The van der Waals surface area contributed by atoms with E-state index in [1.54, 1.807) is 0 Å². The third-order valence-electron chi connectivity index (χ3n) is 3.99. The Morgan fingerprint density at radius 2 is 2.05 bits per heavy atom. The van der Waals surface area contributed by atoms with Gasteiger partial charge < -0.3 is 4.74 Å². The fourth-order valence-corrected chi connectivity index (χ4v) is 3.17. The molecule has 1 aliphatic heterocycles. The highest BCUT2D eigenvalue weighted by Gasteiger charge is 2.37. The van der Waals surface area contributed by atoms with Crippen LogP contribution in [0.3, 0.4) is 0 Å². The molecule has 0 saturated heterocycles. The van der Waals surface area contributed by atoms with Gasteiger partial charge in [-0.2, -0.15) is 0 Å². The summed E-state index contributed by atoms with van der Waals surface area (Å²) in [6.45, 7) is 8.55. The summed E-state index contributed by atoms with van der Waals surface area (Å²) >= 11 is 0. The van der Waals surface area contributed by atoms with E-state index in [9.17, 15) is 4.79 Å². The third-order valence-corrected chi connectivity index (χ3v) is 3.99. The van der Waals surface area contributed by atoms with E-state index < -0.39 is 5.54 Å². The summed E-state index contributed by atoms with van der Waals surface area (Å²) in [5.41, 5.74) is 2.11. The first-order chi connectivity index (χ1) is 9.94. The second-order valence-corrected chi connectivity index (χ2v) is 6.35. The molecule has 116 valence electrons. The van der Waals surface area contributed by atoms with Crippen LogP contribution < -0.4 is 5.32 Å². The van der Waals surface area contributed by atoms with Crippen molar-refractivity contribution in [1.29, 1.82) is 0 Å². The van der Waals surface area contributed by atoms with Gasteiger partial charge in [-0.1, -0.05) is 24.3 Å². The molecular formula is C17H26N2O2. The number of carbonyl (C=O) groups is 1. The zero-order valence-corrected chi connectivity index (χ0v) is 13.5. The average Bonchev–Trinajstić information content (AvgIpc) is 2.45. The van der Waals surface area contributed by atoms with Gasteiger partial charge in [-0.25, -0.2) is 0 Å². The Labute approximate surface area is 127 Å². The smallest absolute Gasteiger partial charge is 0.327 e. The number of esters is 1. The molecule has 1 aliphatic rings. The zero-order chi connectivity index (χ0) is 15.5. The summed E-state index contributed by atoms with van der Waals surface area (Å²) in [6.07, 6.45) is 1.04. The molecule has 0 bridgehead atoms. The van der Waals surface area contributed by atoms with Crippen molar-refractivity contribution < 1.29 is 9.53 Å². The Hall–Kier alpha value is -1.39. The first-order valence-corrected chi connectivity index (χ1v) is 7.60. The largest absolute Gasteiger partial charge is 0.468 e. The van der Waals surface area contributed by atoms with Crippen molar-refractivity contribution >= 4 is 5.97 Å². The number of hydrogen-bond acceptors (Lipinski definition) is 4. The van der Waals surface area contributed by atoms with E-state index in [1.807, 2.05) is 20.8 Å². The number of benzene rings is 1. The number of methoxy groups -OCH3 is 1. The highest BCUT2D eigenvalue weighted by Crippen LogP contribution is 2.21. The second-order valence-electron chi connectivity index (χ2n) is 6.35. The van der Waals surface area contributed by atoms with Crippen LogP contribution in [0.5, 0.6) is 0 Å².